The molecule has 2 amide bonds. The lowest BCUT2D eigenvalue weighted by Gasteiger charge is -2.34. The molecule has 0 atom stereocenters. The molecular weight excluding hydrogens is 316 g/mol. The third-order valence-corrected chi connectivity index (χ3v) is 5.24. The maximum absolute atomic E-state index is 12.7. The largest absolute Gasteiger partial charge is 0.351 e. The minimum absolute atomic E-state index is 0.0433. The number of hydrogen-bond donors (Lipinski definition) is 1. The second-order valence-corrected chi connectivity index (χ2v) is 6.93. The van der Waals surface area contributed by atoms with Gasteiger partial charge < -0.3 is 14.8 Å². The third-order valence-electron chi connectivity index (χ3n) is 5.24. The molecule has 0 bridgehead atoms. The minimum Gasteiger partial charge on any atom is -0.351 e. The molecule has 2 aliphatic rings. The molecule has 2 aromatic rings. The fourth-order valence-corrected chi connectivity index (χ4v) is 3.73. The fourth-order valence-electron chi connectivity index (χ4n) is 3.73. The number of benzene rings is 1. The lowest BCUT2D eigenvalue weighted by Crippen LogP contribution is -2.51. The summed E-state index contributed by atoms with van der Waals surface area (Å²) >= 11 is 0. The van der Waals surface area contributed by atoms with Crippen LogP contribution >= 0.6 is 0 Å². The van der Waals surface area contributed by atoms with E-state index < -0.39 is 0 Å². The lowest BCUT2D eigenvalue weighted by atomic mass is 10.2. The lowest BCUT2D eigenvalue weighted by molar-refractivity contribution is -0.131. The van der Waals surface area contributed by atoms with Gasteiger partial charge in [-0.15, -0.1) is 0 Å². The van der Waals surface area contributed by atoms with Gasteiger partial charge in [0.2, 0.25) is 5.91 Å². The van der Waals surface area contributed by atoms with Gasteiger partial charge in [0.15, 0.2) is 0 Å². The Morgan fingerprint density at radius 1 is 0.920 bits per heavy atom. The number of likely N-dealkylation sites (tertiary alicyclic amines) is 1. The molecule has 1 N–H and O–H groups in total. The van der Waals surface area contributed by atoms with E-state index in [-0.39, 0.29) is 11.8 Å². The van der Waals surface area contributed by atoms with Crippen molar-refractivity contribution in [2.24, 2.45) is 0 Å². The van der Waals surface area contributed by atoms with Crippen LogP contribution in [0.3, 0.4) is 0 Å². The summed E-state index contributed by atoms with van der Waals surface area (Å²) in [6.45, 7) is 5.13. The predicted molar refractivity (Wildman–Crippen MR) is 96.5 cm³/mol. The Morgan fingerprint density at radius 2 is 1.64 bits per heavy atom. The average Bonchev–Trinajstić information content (AvgIpc) is 3.31. The Labute approximate surface area is 147 Å². The molecule has 6 heteroatoms. The number of nitrogens with one attached hydrogen (secondary N) is 1. The quantitative estimate of drug-likeness (QED) is 0.922. The van der Waals surface area contributed by atoms with Gasteiger partial charge >= 0.3 is 0 Å². The van der Waals surface area contributed by atoms with E-state index in [1.54, 1.807) is 0 Å². The first-order valence-corrected chi connectivity index (χ1v) is 9.08. The summed E-state index contributed by atoms with van der Waals surface area (Å²) in [5, 5.41) is 1.06. The van der Waals surface area contributed by atoms with Crippen molar-refractivity contribution in [1.82, 2.24) is 19.7 Å². The molecule has 3 heterocycles. The predicted octanol–water partition coefficient (Wildman–Crippen LogP) is 1.55. The van der Waals surface area contributed by atoms with E-state index in [9.17, 15) is 9.59 Å². The summed E-state index contributed by atoms with van der Waals surface area (Å²) in [5.74, 6) is 0.273. The van der Waals surface area contributed by atoms with E-state index in [2.05, 4.69) is 9.88 Å². The number of H-pyrrole nitrogens is 1. The molecule has 0 spiro atoms. The Balaban J connectivity index is 1.33. The standard InChI is InChI=1S/C19H24N4O2/c24-18(22-7-3-4-8-22)14-21-9-11-23(12-10-21)19(25)17-13-15-5-1-2-6-16(15)20-17/h1-2,5-6,13,20H,3-4,7-12,14H2. The Hall–Kier alpha value is -2.34. The summed E-state index contributed by atoms with van der Waals surface area (Å²) in [5.41, 5.74) is 1.63. The number of carbonyl (C=O) groups is 2. The second kappa shape index (κ2) is 6.88. The maximum Gasteiger partial charge on any atom is 0.270 e. The summed E-state index contributed by atoms with van der Waals surface area (Å²) in [7, 11) is 0. The smallest absolute Gasteiger partial charge is 0.270 e. The van der Waals surface area contributed by atoms with Gasteiger partial charge in [-0.2, -0.15) is 0 Å². The van der Waals surface area contributed by atoms with Gasteiger partial charge in [-0.3, -0.25) is 14.5 Å². The van der Waals surface area contributed by atoms with Crippen molar-refractivity contribution in [2.75, 3.05) is 45.8 Å². The molecule has 25 heavy (non-hydrogen) atoms. The van der Waals surface area contributed by atoms with Crippen molar-refractivity contribution in [2.45, 2.75) is 12.8 Å². The van der Waals surface area contributed by atoms with Crippen LogP contribution in [0.4, 0.5) is 0 Å². The maximum atomic E-state index is 12.7. The molecule has 1 aromatic carbocycles. The Kier molecular flexibility index (Phi) is 4.44. The third kappa shape index (κ3) is 3.39. The first kappa shape index (κ1) is 16.1. The molecule has 0 aliphatic carbocycles. The Morgan fingerprint density at radius 3 is 2.36 bits per heavy atom. The van der Waals surface area contributed by atoms with Crippen molar-refractivity contribution in [3.05, 3.63) is 36.0 Å². The highest BCUT2D eigenvalue weighted by molar-refractivity contribution is 5.98. The first-order valence-electron chi connectivity index (χ1n) is 9.08. The zero-order valence-electron chi connectivity index (χ0n) is 14.4. The molecule has 6 nitrogen and oxygen atoms in total. The summed E-state index contributed by atoms with van der Waals surface area (Å²) in [6.07, 6.45) is 2.25. The molecule has 0 radical (unpaired) electrons. The number of rotatable bonds is 3. The molecule has 1 aromatic heterocycles. The van der Waals surface area contributed by atoms with Crippen LogP contribution in [0.2, 0.25) is 0 Å². The number of hydrogen-bond acceptors (Lipinski definition) is 3. The fraction of sp³-hybridized carbons (Fsp3) is 0.474. The van der Waals surface area contributed by atoms with Crippen LogP contribution in [0.15, 0.2) is 30.3 Å². The first-order chi connectivity index (χ1) is 12.2. The number of para-hydroxylation sites is 1. The van der Waals surface area contributed by atoms with Crippen LogP contribution in [-0.4, -0.2) is 77.3 Å². The van der Waals surface area contributed by atoms with Crippen LogP contribution < -0.4 is 0 Å². The summed E-state index contributed by atoms with van der Waals surface area (Å²) < 4.78 is 0. The number of aromatic amines is 1. The molecule has 0 saturated carbocycles. The highest BCUT2D eigenvalue weighted by Gasteiger charge is 2.26. The SMILES string of the molecule is O=C(CN1CCN(C(=O)c2cc3ccccc3[nH]2)CC1)N1CCCC1. The van der Waals surface area contributed by atoms with E-state index in [0.717, 1.165) is 49.9 Å². The number of aromatic nitrogens is 1. The molecule has 2 aliphatic heterocycles. The van der Waals surface area contributed by atoms with Crippen molar-refractivity contribution in [3.63, 3.8) is 0 Å². The zero-order chi connectivity index (χ0) is 17.2. The number of nitrogens with zero attached hydrogens (tertiary/aromatic N) is 3. The van der Waals surface area contributed by atoms with Crippen molar-refractivity contribution in [3.8, 4) is 0 Å². The van der Waals surface area contributed by atoms with Gasteiger partial charge in [-0.1, -0.05) is 18.2 Å². The van der Waals surface area contributed by atoms with E-state index in [4.69, 9.17) is 0 Å². The zero-order valence-corrected chi connectivity index (χ0v) is 14.4. The number of carbonyl (C=O) groups excluding carboxylic acids is 2. The van der Waals surface area contributed by atoms with Crippen LogP contribution in [-0.2, 0) is 4.79 Å². The molecule has 2 fully saturated rings. The number of fused-ring (bicyclic) bond motifs is 1. The highest BCUT2D eigenvalue weighted by atomic mass is 16.2. The molecule has 0 unspecified atom stereocenters. The van der Waals surface area contributed by atoms with Gasteiger partial charge in [0, 0.05) is 50.2 Å². The molecule has 4 rings (SSSR count). The van der Waals surface area contributed by atoms with E-state index in [0.29, 0.717) is 25.3 Å². The molecule has 132 valence electrons. The Bertz CT molecular complexity index is 738. The monoisotopic (exact) mass is 340 g/mol. The van der Waals surface area contributed by atoms with E-state index in [1.807, 2.05) is 40.1 Å². The summed E-state index contributed by atoms with van der Waals surface area (Å²) in [6, 6.07) is 9.84. The van der Waals surface area contributed by atoms with E-state index in [1.165, 1.54) is 0 Å². The van der Waals surface area contributed by atoms with Crippen LogP contribution in [0.1, 0.15) is 23.3 Å². The van der Waals surface area contributed by atoms with Gasteiger partial charge in [-0.05, 0) is 25.0 Å². The minimum atomic E-state index is 0.0433. The van der Waals surface area contributed by atoms with Crippen molar-refractivity contribution >= 4 is 22.7 Å². The number of amides is 2. The van der Waals surface area contributed by atoms with Crippen LogP contribution in [0, 0.1) is 0 Å². The highest BCUT2D eigenvalue weighted by Crippen LogP contribution is 2.17. The number of piperazine rings is 1. The van der Waals surface area contributed by atoms with Crippen LogP contribution in [0.5, 0.6) is 0 Å². The van der Waals surface area contributed by atoms with Crippen LogP contribution in [0.25, 0.3) is 10.9 Å². The van der Waals surface area contributed by atoms with Crippen molar-refractivity contribution in [1.29, 1.82) is 0 Å². The summed E-state index contributed by atoms with van der Waals surface area (Å²) in [4.78, 5) is 34.2. The van der Waals surface area contributed by atoms with E-state index >= 15 is 0 Å². The average molecular weight is 340 g/mol. The van der Waals surface area contributed by atoms with Gasteiger partial charge in [0.1, 0.15) is 5.69 Å². The van der Waals surface area contributed by atoms with Gasteiger partial charge in [-0.25, -0.2) is 0 Å². The molecular formula is C19H24N4O2. The van der Waals surface area contributed by atoms with Gasteiger partial charge in [0.25, 0.3) is 5.91 Å². The second-order valence-electron chi connectivity index (χ2n) is 6.93. The molecule has 2 saturated heterocycles. The normalized spacial score (nSPS) is 18.9. The van der Waals surface area contributed by atoms with Crippen molar-refractivity contribution < 1.29 is 9.59 Å². The topological polar surface area (TPSA) is 59.7 Å². The van der Waals surface area contributed by atoms with Gasteiger partial charge in [0.05, 0.1) is 6.54 Å².